The first-order valence-corrected chi connectivity index (χ1v) is 8.25. The van der Waals surface area contributed by atoms with Gasteiger partial charge in [0.15, 0.2) is 0 Å². The van der Waals surface area contributed by atoms with E-state index >= 15 is 0 Å². The van der Waals surface area contributed by atoms with Crippen LogP contribution in [-0.2, 0) is 4.74 Å². The van der Waals surface area contributed by atoms with E-state index < -0.39 is 0 Å². The maximum atomic E-state index is 12.6. The van der Waals surface area contributed by atoms with E-state index in [1.165, 1.54) is 12.8 Å². The average Bonchev–Trinajstić information content (AvgIpc) is 2.96. The molecule has 2 saturated heterocycles. The molecule has 0 radical (unpaired) electrons. The van der Waals surface area contributed by atoms with Crippen LogP contribution in [0.5, 0.6) is 0 Å². The maximum absolute atomic E-state index is 12.6. The van der Waals surface area contributed by atoms with E-state index in [0.29, 0.717) is 13.2 Å². The maximum Gasteiger partial charge on any atom is 0.322 e. The lowest BCUT2D eigenvalue weighted by molar-refractivity contribution is 0.143. The quantitative estimate of drug-likeness (QED) is 0.913. The number of amides is 2. The van der Waals surface area contributed by atoms with Crippen molar-refractivity contribution >= 4 is 17.4 Å². The van der Waals surface area contributed by atoms with Gasteiger partial charge in [-0.05, 0) is 38.3 Å². The van der Waals surface area contributed by atoms with Crippen LogP contribution in [0.1, 0.15) is 26.2 Å². The third-order valence-corrected chi connectivity index (χ3v) is 4.54. The van der Waals surface area contributed by atoms with E-state index in [0.717, 1.165) is 37.5 Å². The highest BCUT2D eigenvalue weighted by molar-refractivity contribution is 5.93. The number of nitrogens with zero attached hydrogens (tertiary/aromatic N) is 2. The smallest absolute Gasteiger partial charge is 0.322 e. The Bertz CT molecular complexity index is 514. The molecule has 2 aliphatic heterocycles. The minimum atomic E-state index is -0.0235. The second-order valence-corrected chi connectivity index (χ2v) is 6.08. The zero-order valence-electron chi connectivity index (χ0n) is 13.3. The predicted octanol–water partition coefficient (Wildman–Crippen LogP) is 2.93. The number of hydrogen-bond donors (Lipinski definition) is 1. The Kier molecular flexibility index (Phi) is 4.83. The van der Waals surface area contributed by atoms with Gasteiger partial charge in [0.05, 0.1) is 18.0 Å². The lowest BCUT2D eigenvalue weighted by Gasteiger charge is -2.28. The molecule has 0 aliphatic carbocycles. The molecular weight excluding hydrogens is 278 g/mol. The van der Waals surface area contributed by atoms with Crippen molar-refractivity contribution in [1.82, 2.24) is 4.90 Å². The van der Waals surface area contributed by atoms with Gasteiger partial charge in [0.25, 0.3) is 0 Å². The summed E-state index contributed by atoms with van der Waals surface area (Å²) >= 11 is 0. The van der Waals surface area contributed by atoms with Gasteiger partial charge in [-0.2, -0.15) is 0 Å². The lowest BCUT2D eigenvalue weighted by Crippen LogP contribution is -2.42. The van der Waals surface area contributed by atoms with Crippen LogP contribution in [-0.4, -0.2) is 49.8 Å². The van der Waals surface area contributed by atoms with E-state index in [-0.39, 0.29) is 12.1 Å². The van der Waals surface area contributed by atoms with Crippen LogP contribution < -0.4 is 10.2 Å². The molecule has 5 heteroatoms. The van der Waals surface area contributed by atoms with E-state index in [2.05, 4.69) is 23.2 Å². The number of rotatable bonds is 2. The summed E-state index contributed by atoms with van der Waals surface area (Å²) in [5.41, 5.74) is 2.04. The molecule has 5 nitrogen and oxygen atoms in total. The number of carbonyl (C=O) groups excluding carboxylic acids is 1. The molecule has 0 aromatic heterocycles. The molecule has 120 valence electrons. The van der Waals surface area contributed by atoms with Crippen molar-refractivity contribution in [1.29, 1.82) is 0 Å². The van der Waals surface area contributed by atoms with Gasteiger partial charge >= 0.3 is 6.03 Å². The Morgan fingerprint density at radius 2 is 1.95 bits per heavy atom. The first kappa shape index (κ1) is 15.2. The molecular formula is C17H25N3O2. The van der Waals surface area contributed by atoms with E-state index in [1.807, 2.05) is 23.1 Å². The summed E-state index contributed by atoms with van der Waals surface area (Å²) in [6.45, 7) is 6.22. The van der Waals surface area contributed by atoms with Gasteiger partial charge in [0.2, 0.25) is 0 Å². The molecule has 2 heterocycles. The molecule has 2 aliphatic rings. The fraction of sp³-hybridized carbons (Fsp3) is 0.588. The Balaban J connectivity index is 1.73. The van der Waals surface area contributed by atoms with Crippen LogP contribution in [0, 0.1) is 0 Å². The van der Waals surface area contributed by atoms with Crippen LogP contribution in [0.25, 0.3) is 0 Å². The van der Waals surface area contributed by atoms with Crippen molar-refractivity contribution in [2.45, 2.75) is 32.2 Å². The molecule has 3 rings (SSSR count). The van der Waals surface area contributed by atoms with E-state index in [4.69, 9.17) is 4.74 Å². The van der Waals surface area contributed by atoms with Gasteiger partial charge in [-0.1, -0.05) is 12.1 Å². The third kappa shape index (κ3) is 3.35. The standard InChI is InChI=1S/C17H25N3O2/c1-14-8-12-22-13-11-20(14)17(21)18-15-6-2-3-7-16(15)19-9-4-5-10-19/h2-3,6-7,14H,4-5,8-13H2,1H3,(H,18,21). The van der Waals surface area contributed by atoms with Gasteiger partial charge in [0.1, 0.15) is 0 Å². The van der Waals surface area contributed by atoms with Gasteiger partial charge in [0, 0.05) is 32.3 Å². The van der Waals surface area contributed by atoms with E-state index in [1.54, 1.807) is 0 Å². The largest absolute Gasteiger partial charge is 0.380 e. The summed E-state index contributed by atoms with van der Waals surface area (Å²) in [6.07, 6.45) is 3.34. The van der Waals surface area contributed by atoms with Gasteiger partial charge in [-0.15, -0.1) is 0 Å². The number of carbonyl (C=O) groups is 1. The first-order valence-electron chi connectivity index (χ1n) is 8.25. The SMILES string of the molecule is CC1CCOCCN1C(=O)Nc1ccccc1N1CCCC1. The Hall–Kier alpha value is -1.75. The lowest BCUT2D eigenvalue weighted by atomic mass is 10.2. The van der Waals surface area contributed by atoms with Crippen molar-refractivity contribution in [3.63, 3.8) is 0 Å². The van der Waals surface area contributed by atoms with Crippen LogP contribution in [0.2, 0.25) is 0 Å². The number of anilines is 2. The van der Waals surface area contributed by atoms with Gasteiger partial charge in [-0.25, -0.2) is 4.79 Å². The van der Waals surface area contributed by atoms with Crippen LogP contribution in [0.15, 0.2) is 24.3 Å². The molecule has 1 aromatic rings. The normalized spacial score (nSPS) is 22.5. The highest BCUT2D eigenvalue weighted by atomic mass is 16.5. The number of para-hydroxylation sites is 2. The number of benzene rings is 1. The van der Waals surface area contributed by atoms with Crippen LogP contribution in [0.3, 0.4) is 0 Å². The highest BCUT2D eigenvalue weighted by Crippen LogP contribution is 2.29. The summed E-state index contributed by atoms with van der Waals surface area (Å²) in [7, 11) is 0. The molecule has 22 heavy (non-hydrogen) atoms. The molecule has 2 fully saturated rings. The molecule has 0 saturated carbocycles. The summed E-state index contributed by atoms with van der Waals surface area (Å²) in [5, 5.41) is 3.11. The minimum Gasteiger partial charge on any atom is -0.380 e. The molecule has 1 N–H and O–H groups in total. The monoisotopic (exact) mass is 303 g/mol. The predicted molar refractivity (Wildman–Crippen MR) is 88.5 cm³/mol. The Labute approximate surface area is 132 Å². The zero-order valence-corrected chi connectivity index (χ0v) is 13.3. The summed E-state index contributed by atoms with van der Waals surface area (Å²) in [4.78, 5) is 16.9. The first-order chi connectivity index (χ1) is 10.8. The highest BCUT2D eigenvalue weighted by Gasteiger charge is 2.23. The second-order valence-electron chi connectivity index (χ2n) is 6.08. The third-order valence-electron chi connectivity index (χ3n) is 4.54. The van der Waals surface area contributed by atoms with Crippen molar-refractivity contribution in [2.24, 2.45) is 0 Å². The Morgan fingerprint density at radius 1 is 1.18 bits per heavy atom. The van der Waals surface area contributed by atoms with E-state index in [9.17, 15) is 4.79 Å². The zero-order chi connectivity index (χ0) is 15.4. The van der Waals surface area contributed by atoms with Crippen molar-refractivity contribution in [2.75, 3.05) is 43.1 Å². The summed E-state index contributed by atoms with van der Waals surface area (Å²) in [6, 6.07) is 8.28. The number of ether oxygens (including phenoxy) is 1. The molecule has 1 atom stereocenters. The molecule has 0 bridgehead atoms. The Morgan fingerprint density at radius 3 is 2.77 bits per heavy atom. The van der Waals surface area contributed by atoms with Crippen LogP contribution >= 0.6 is 0 Å². The molecule has 2 amide bonds. The number of hydrogen-bond acceptors (Lipinski definition) is 3. The topological polar surface area (TPSA) is 44.8 Å². The van der Waals surface area contributed by atoms with Crippen molar-refractivity contribution in [3.8, 4) is 0 Å². The van der Waals surface area contributed by atoms with Crippen LogP contribution in [0.4, 0.5) is 16.2 Å². The van der Waals surface area contributed by atoms with Crippen molar-refractivity contribution < 1.29 is 9.53 Å². The molecule has 1 aromatic carbocycles. The molecule has 0 spiro atoms. The minimum absolute atomic E-state index is 0.0235. The number of nitrogens with one attached hydrogen (secondary N) is 1. The average molecular weight is 303 g/mol. The summed E-state index contributed by atoms with van der Waals surface area (Å²) < 4.78 is 5.47. The number of urea groups is 1. The summed E-state index contributed by atoms with van der Waals surface area (Å²) in [5.74, 6) is 0. The molecule has 1 unspecified atom stereocenters. The second kappa shape index (κ2) is 7.01. The van der Waals surface area contributed by atoms with Crippen molar-refractivity contribution in [3.05, 3.63) is 24.3 Å². The van der Waals surface area contributed by atoms with Gasteiger partial charge < -0.3 is 19.9 Å². The fourth-order valence-corrected chi connectivity index (χ4v) is 3.20. The van der Waals surface area contributed by atoms with Gasteiger partial charge in [-0.3, -0.25) is 0 Å². The fourth-order valence-electron chi connectivity index (χ4n) is 3.20.